The van der Waals surface area contributed by atoms with Crippen LogP contribution in [0.1, 0.15) is 11.7 Å². The Hall–Kier alpha value is -2.50. The molecular weight excluding hydrogens is 288 g/mol. The van der Waals surface area contributed by atoms with Gasteiger partial charge in [0.2, 0.25) is 0 Å². The van der Waals surface area contributed by atoms with E-state index in [0.717, 1.165) is 47.8 Å². The minimum Gasteiger partial charge on any atom is -0.371 e. The zero-order valence-corrected chi connectivity index (χ0v) is 12.7. The van der Waals surface area contributed by atoms with Crippen LogP contribution in [0.5, 0.6) is 0 Å². The molecule has 0 saturated carbocycles. The molecule has 3 heterocycles. The van der Waals surface area contributed by atoms with Crippen molar-refractivity contribution in [2.75, 3.05) is 25.0 Å². The van der Waals surface area contributed by atoms with Crippen LogP contribution in [0, 0.1) is 0 Å². The molecule has 1 aromatic carbocycles. The number of para-hydroxylation sites is 1. The number of ether oxygens (including phenoxy) is 1. The number of aromatic nitrogens is 2. The lowest BCUT2D eigenvalue weighted by atomic mass is 10.1. The molecule has 1 unspecified atom stereocenters. The minimum atomic E-state index is 0.0804. The summed E-state index contributed by atoms with van der Waals surface area (Å²) in [5.74, 6) is 1.57. The summed E-state index contributed by atoms with van der Waals surface area (Å²) in [4.78, 5) is 9.00. The Balaban J connectivity index is 1.57. The molecule has 116 valence electrons. The summed E-state index contributed by atoms with van der Waals surface area (Å²) in [5, 5.41) is 7.75. The molecule has 2 N–H and O–H groups in total. The Morgan fingerprint density at radius 3 is 2.96 bits per heavy atom. The summed E-state index contributed by atoms with van der Waals surface area (Å²) < 4.78 is 5.79. The van der Waals surface area contributed by atoms with Gasteiger partial charge in [0, 0.05) is 24.7 Å². The van der Waals surface area contributed by atoms with E-state index in [1.54, 1.807) is 6.20 Å². The molecule has 0 radical (unpaired) electrons. The van der Waals surface area contributed by atoms with Crippen molar-refractivity contribution in [3.05, 3.63) is 60.3 Å². The summed E-state index contributed by atoms with van der Waals surface area (Å²) in [6, 6.07) is 16.1. The predicted molar refractivity (Wildman–Crippen MR) is 90.8 cm³/mol. The van der Waals surface area contributed by atoms with Crippen molar-refractivity contribution in [1.29, 1.82) is 0 Å². The molecule has 3 aromatic rings. The van der Waals surface area contributed by atoms with Crippen LogP contribution in [0.15, 0.2) is 54.7 Å². The van der Waals surface area contributed by atoms with Crippen LogP contribution >= 0.6 is 0 Å². The SMILES string of the molecule is c1ccc2nc(Nc3cc(C4CNCCO4)ccn3)ccc2c1. The average molecular weight is 306 g/mol. The first kappa shape index (κ1) is 14.1. The van der Waals surface area contributed by atoms with Crippen LogP contribution in [0.25, 0.3) is 10.9 Å². The van der Waals surface area contributed by atoms with Gasteiger partial charge in [0.15, 0.2) is 0 Å². The van der Waals surface area contributed by atoms with Crippen molar-refractivity contribution in [3.8, 4) is 0 Å². The number of nitrogens with one attached hydrogen (secondary N) is 2. The van der Waals surface area contributed by atoms with E-state index in [0.29, 0.717) is 0 Å². The summed E-state index contributed by atoms with van der Waals surface area (Å²) in [5.41, 5.74) is 2.09. The first-order chi connectivity index (χ1) is 11.4. The van der Waals surface area contributed by atoms with E-state index in [-0.39, 0.29) is 6.10 Å². The number of benzene rings is 1. The van der Waals surface area contributed by atoms with Gasteiger partial charge in [-0.1, -0.05) is 18.2 Å². The highest BCUT2D eigenvalue weighted by Gasteiger charge is 2.16. The van der Waals surface area contributed by atoms with E-state index in [1.165, 1.54) is 0 Å². The Morgan fingerprint density at radius 1 is 1.09 bits per heavy atom. The second-order valence-corrected chi connectivity index (χ2v) is 5.55. The van der Waals surface area contributed by atoms with Gasteiger partial charge in [-0.15, -0.1) is 0 Å². The van der Waals surface area contributed by atoms with E-state index in [1.807, 2.05) is 36.4 Å². The van der Waals surface area contributed by atoms with Gasteiger partial charge in [0.05, 0.1) is 18.2 Å². The van der Waals surface area contributed by atoms with E-state index in [4.69, 9.17) is 4.74 Å². The molecule has 23 heavy (non-hydrogen) atoms. The van der Waals surface area contributed by atoms with Crippen molar-refractivity contribution >= 4 is 22.5 Å². The largest absolute Gasteiger partial charge is 0.371 e. The number of fused-ring (bicyclic) bond motifs is 1. The maximum atomic E-state index is 5.79. The normalized spacial score (nSPS) is 18.0. The zero-order chi connectivity index (χ0) is 15.5. The van der Waals surface area contributed by atoms with Gasteiger partial charge in [0.25, 0.3) is 0 Å². The molecular formula is C18H18N4O. The molecule has 1 aliphatic rings. The first-order valence-corrected chi connectivity index (χ1v) is 7.79. The molecule has 0 aliphatic carbocycles. The highest BCUT2D eigenvalue weighted by molar-refractivity contribution is 5.80. The van der Waals surface area contributed by atoms with E-state index < -0.39 is 0 Å². The lowest BCUT2D eigenvalue weighted by Gasteiger charge is -2.24. The minimum absolute atomic E-state index is 0.0804. The van der Waals surface area contributed by atoms with Crippen molar-refractivity contribution in [3.63, 3.8) is 0 Å². The van der Waals surface area contributed by atoms with Crippen LogP contribution in [-0.2, 0) is 4.74 Å². The molecule has 1 aliphatic heterocycles. The topological polar surface area (TPSA) is 59.1 Å². The smallest absolute Gasteiger partial charge is 0.132 e. The highest BCUT2D eigenvalue weighted by Crippen LogP contribution is 2.22. The second-order valence-electron chi connectivity index (χ2n) is 5.55. The fraction of sp³-hybridized carbons (Fsp3) is 0.222. The van der Waals surface area contributed by atoms with Gasteiger partial charge in [-0.3, -0.25) is 0 Å². The van der Waals surface area contributed by atoms with Gasteiger partial charge in [0.1, 0.15) is 11.6 Å². The monoisotopic (exact) mass is 306 g/mol. The molecule has 0 amide bonds. The number of hydrogen-bond acceptors (Lipinski definition) is 5. The molecule has 4 rings (SSSR count). The summed E-state index contributed by atoms with van der Waals surface area (Å²) in [6.07, 6.45) is 1.88. The molecule has 2 aromatic heterocycles. The standard InChI is InChI=1S/C18H18N4O/c1-2-4-15-13(3-1)5-6-17(21-15)22-18-11-14(7-8-20-18)16-12-19-9-10-23-16/h1-8,11,16,19H,9-10,12H2,(H,20,21,22). The van der Waals surface area contributed by atoms with Crippen molar-refractivity contribution in [2.24, 2.45) is 0 Å². The Kier molecular flexibility index (Phi) is 3.88. The maximum Gasteiger partial charge on any atom is 0.132 e. The number of nitrogens with zero attached hydrogens (tertiary/aromatic N) is 2. The number of anilines is 2. The van der Waals surface area contributed by atoms with Gasteiger partial charge < -0.3 is 15.4 Å². The molecule has 1 fully saturated rings. The van der Waals surface area contributed by atoms with Crippen LogP contribution < -0.4 is 10.6 Å². The van der Waals surface area contributed by atoms with Crippen molar-refractivity contribution in [2.45, 2.75) is 6.10 Å². The van der Waals surface area contributed by atoms with Gasteiger partial charge in [-0.25, -0.2) is 9.97 Å². The lowest BCUT2D eigenvalue weighted by Crippen LogP contribution is -2.33. The van der Waals surface area contributed by atoms with E-state index in [9.17, 15) is 0 Å². The third kappa shape index (κ3) is 3.16. The van der Waals surface area contributed by atoms with Crippen molar-refractivity contribution in [1.82, 2.24) is 15.3 Å². The first-order valence-electron chi connectivity index (χ1n) is 7.79. The number of pyridine rings is 2. The third-order valence-electron chi connectivity index (χ3n) is 3.94. The maximum absolute atomic E-state index is 5.79. The fourth-order valence-electron chi connectivity index (χ4n) is 2.76. The van der Waals surface area contributed by atoms with Gasteiger partial charge in [-0.05, 0) is 35.9 Å². The van der Waals surface area contributed by atoms with Gasteiger partial charge in [-0.2, -0.15) is 0 Å². The molecule has 1 saturated heterocycles. The molecule has 5 heteroatoms. The number of rotatable bonds is 3. The quantitative estimate of drug-likeness (QED) is 0.779. The predicted octanol–water partition coefficient (Wildman–Crippen LogP) is 3.03. The molecule has 5 nitrogen and oxygen atoms in total. The Morgan fingerprint density at radius 2 is 2.04 bits per heavy atom. The highest BCUT2D eigenvalue weighted by atomic mass is 16.5. The van der Waals surface area contributed by atoms with Crippen LogP contribution in [0.3, 0.4) is 0 Å². The second kappa shape index (κ2) is 6.32. The molecule has 1 atom stereocenters. The van der Waals surface area contributed by atoms with Crippen LogP contribution in [0.2, 0.25) is 0 Å². The van der Waals surface area contributed by atoms with Crippen molar-refractivity contribution < 1.29 is 4.74 Å². The van der Waals surface area contributed by atoms with Gasteiger partial charge >= 0.3 is 0 Å². The zero-order valence-electron chi connectivity index (χ0n) is 12.7. The van der Waals surface area contributed by atoms with Crippen LogP contribution in [-0.4, -0.2) is 29.7 Å². The average Bonchev–Trinajstić information content (AvgIpc) is 2.63. The number of morpholine rings is 1. The number of hydrogen-bond donors (Lipinski definition) is 2. The lowest BCUT2D eigenvalue weighted by molar-refractivity contribution is 0.0277. The molecule has 0 spiro atoms. The Labute approximate surface area is 134 Å². The van der Waals surface area contributed by atoms with E-state index >= 15 is 0 Å². The summed E-state index contributed by atoms with van der Waals surface area (Å²) in [7, 11) is 0. The fourth-order valence-corrected chi connectivity index (χ4v) is 2.76. The third-order valence-corrected chi connectivity index (χ3v) is 3.94. The van der Waals surface area contributed by atoms with Crippen LogP contribution in [0.4, 0.5) is 11.6 Å². The summed E-state index contributed by atoms with van der Waals surface area (Å²) in [6.45, 7) is 2.48. The summed E-state index contributed by atoms with van der Waals surface area (Å²) >= 11 is 0. The Bertz CT molecular complexity index is 815. The molecule has 0 bridgehead atoms. The van der Waals surface area contributed by atoms with E-state index in [2.05, 4.69) is 32.7 Å².